The number of benzene rings is 2. The number of aliphatic hydroxyl groups is 1. The molecular formula is C13H14N2O. The van der Waals surface area contributed by atoms with Crippen molar-refractivity contribution >= 4 is 11.4 Å². The van der Waals surface area contributed by atoms with Crippen molar-refractivity contribution in [1.29, 1.82) is 0 Å². The van der Waals surface area contributed by atoms with Crippen LogP contribution < -0.4 is 11.5 Å². The Balaban J connectivity index is 2.28. The topological polar surface area (TPSA) is 72.3 Å². The van der Waals surface area contributed by atoms with Crippen LogP contribution in [0.3, 0.4) is 0 Å². The summed E-state index contributed by atoms with van der Waals surface area (Å²) in [6.45, 7) is 0. The molecule has 5 N–H and O–H groups in total. The van der Waals surface area contributed by atoms with Gasteiger partial charge >= 0.3 is 0 Å². The predicted molar refractivity (Wildman–Crippen MR) is 65.8 cm³/mol. The van der Waals surface area contributed by atoms with Crippen molar-refractivity contribution in [3.63, 3.8) is 0 Å². The number of nitrogens with two attached hydrogens (primary N) is 2. The molecule has 0 saturated heterocycles. The largest absolute Gasteiger partial charge is 0.399 e. The molecule has 3 heteroatoms. The fourth-order valence-electron chi connectivity index (χ4n) is 1.55. The molecule has 3 nitrogen and oxygen atoms in total. The molecule has 2 rings (SSSR count). The number of aliphatic hydroxyl groups excluding tert-OH is 1. The van der Waals surface area contributed by atoms with E-state index in [9.17, 15) is 5.11 Å². The number of nitrogen functional groups attached to an aromatic ring is 2. The van der Waals surface area contributed by atoms with E-state index in [0.29, 0.717) is 11.4 Å². The molecule has 0 aliphatic carbocycles. The molecule has 0 fully saturated rings. The van der Waals surface area contributed by atoms with Crippen molar-refractivity contribution in [2.24, 2.45) is 0 Å². The Kier molecular flexibility index (Phi) is 2.79. The summed E-state index contributed by atoms with van der Waals surface area (Å²) in [4.78, 5) is 0. The van der Waals surface area contributed by atoms with Crippen LogP contribution in [0.4, 0.5) is 11.4 Å². The second kappa shape index (κ2) is 4.24. The van der Waals surface area contributed by atoms with E-state index >= 15 is 0 Å². The lowest BCUT2D eigenvalue weighted by Crippen LogP contribution is -2.00. The van der Waals surface area contributed by atoms with Gasteiger partial charge in [-0.25, -0.2) is 0 Å². The van der Waals surface area contributed by atoms with Crippen molar-refractivity contribution in [1.82, 2.24) is 0 Å². The molecule has 2 aromatic carbocycles. The van der Waals surface area contributed by atoms with Crippen LogP contribution in [0.2, 0.25) is 0 Å². The molecule has 0 aromatic heterocycles. The molecule has 0 bridgehead atoms. The van der Waals surface area contributed by atoms with E-state index in [0.717, 1.165) is 11.1 Å². The van der Waals surface area contributed by atoms with Gasteiger partial charge < -0.3 is 16.6 Å². The average Bonchev–Trinajstić information content (AvgIpc) is 2.30. The molecule has 0 amide bonds. The summed E-state index contributed by atoms with van der Waals surface area (Å²) in [6, 6.07) is 14.4. The fraction of sp³-hybridized carbons (Fsp3) is 0.0769. The maximum atomic E-state index is 10.1. The molecule has 0 aliphatic rings. The van der Waals surface area contributed by atoms with Gasteiger partial charge in [-0.05, 0) is 35.4 Å². The van der Waals surface area contributed by atoms with E-state index < -0.39 is 6.10 Å². The Morgan fingerprint density at radius 3 is 1.31 bits per heavy atom. The lowest BCUT2D eigenvalue weighted by atomic mass is 10.0. The molecule has 0 atom stereocenters. The van der Waals surface area contributed by atoms with Gasteiger partial charge in [-0.3, -0.25) is 0 Å². The van der Waals surface area contributed by atoms with Crippen molar-refractivity contribution in [2.75, 3.05) is 11.5 Å². The first-order valence-corrected chi connectivity index (χ1v) is 5.06. The molecule has 0 saturated carbocycles. The minimum Gasteiger partial charge on any atom is -0.399 e. The Morgan fingerprint density at radius 1 is 0.688 bits per heavy atom. The minimum absolute atomic E-state index is 0.638. The van der Waals surface area contributed by atoms with E-state index in [-0.39, 0.29) is 0 Å². The zero-order valence-corrected chi connectivity index (χ0v) is 8.80. The van der Waals surface area contributed by atoms with Crippen LogP contribution in [-0.4, -0.2) is 5.11 Å². The third kappa shape index (κ3) is 2.15. The van der Waals surface area contributed by atoms with Crippen molar-refractivity contribution in [3.8, 4) is 0 Å². The Labute approximate surface area is 94.3 Å². The molecule has 0 heterocycles. The molecule has 82 valence electrons. The van der Waals surface area contributed by atoms with Crippen molar-refractivity contribution < 1.29 is 5.11 Å². The van der Waals surface area contributed by atoms with Gasteiger partial charge in [0.05, 0.1) is 0 Å². The van der Waals surface area contributed by atoms with Gasteiger partial charge in [-0.2, -0.15) is 0 Å². The van der Waals surface area contributed by atoms with E-state index in [4.69, 9.17) is 11.5 Å². The van der Waals surface area contributed by atoms with Crippen LogP contribution in [0.5, 0.6) is 0 Å². The van der Waals surface area contributed by atoms with Crippen LogP contribution >= 0.6 is 0 Å². The van der Waals surface area contributed by atoms with Gasteiger partial charge in [0, 0.05) is 11.4 Å². The van der Waals surface area contributed by atoms with Crippen LogP contribution in [-0.2, 0) is 0 Å². The molecule has 0 aliphatic heterocycles. The van der Waals surface area contributed by atoms with Gasteiger partial charge in [-0.1, -0.05) is 24.3 Å². The normalized spacial score (nSPS) is 10.6. The SMILES string of the molecule is Nc1ccc(C(O)c2ccc(N)cc2)cc1. The van der Waals surface area contributed by atoms with Crippen LogP contribution in [0.15, 0.2) is 48.5 Å². The number of hydrogen-bond acceptors (Lipinski definition) is 3. The zero-order chi connectivity index (χ0) is 11.5. The highest BCUT2D eigenvalue weighted by Gasteiger charge is 2.09. The van der Waals surface area contributed by atoms with Crippen LogP contribution in [0.25, 0.3) is 0 Å². The van der Waals surface area contributed by atoms with Gasteiger partial charge in [0.2, 0.25) is 0 Å². The van der Waals surface area contributed by atoms with Crippen molar-refractivity contribution in [2.45, 2.75) is 6.10 Å². The quantitative estimate of drug-likeness (QED) is 0.669. The standard InChI is InChI=1S/C13H14N2O/c14-11-5-1-9(2-6-11)13(16)10-3-7-12(15)8-4-10/h1-8,13,16H,14-15H2. The van der Waals surface area contributed by atoms with Crippen LogP contribution in [0.1, 0.15) is 17.2 Å². The van der Waals surface area contributed by atoms with Gasteiger partial charge in [0.1, 0.15) is 6.10 Å². The number of anilines is 2. The average molecular weight is 214 g/mol. The summed E-state index contributed by atoms with van der Waals surface area (Å²) in [5, 5.41) is 10.1. The van der Waals surface area contributed by atoms with E-state index in [1.54, 1.807) is 24.3 Å². The fourth-order valence-corrected chi connectivity index (χ4v) is 1.55. The van der Waals surface area contributed by atoms with E-state index in [2.05, 4.69) is 0 Å². The van der Waals surface area contributed by atoms with Gasteiger partial charge in [0.15, 0.2) is 0 Å². The molecular weight excluding hydrogens is 200 g/mol. The molecule has 16 heavy (non-hydrogen) atoms. The Morgan fingerprint density at radius 2 is 1.00 bits per heavy atom. The van der Waals surface area contributed by atoms with E-state index in [1.807, 2.05) is 24.3 Å². The smallest absolute Gasteiger partial charge is 0.104 e. The first kappa shape index (κ1) is 10.5. The Hall–Kier alpha value is -2.00. The maximum absolute atomic E-state index is 10.1. The monoisotopic (exact) mass is 214 g/mol. The second-order valence-electron chi connectivity index (χ2n) is 3.74. The maximum Gasteiger partial charge on any atom is 0.104 e. The third-order valence-corrected chi connectivity index (χ3v) is 2.50. The first-order chi connectivity index (χ1) is 7.66. The second-order valence-corrected chi connectivity index (χ2v) is 3.74. The highest BCUT2D eigenvalue weighted by molar-refractivity contribution is 5.44. The Bertz CT molecular complexity index is 417. The zero-order valence-electron chi connectivity index (χ0n) is 8.80. The molecule has 0 spiro atoms. The highest BCUT2D eigenvalue weighted by atomic mass is 16.3. The predicted octanol–water partition coefficient (Wildman–Crippen LogP) is 1.93. The summed E-state index contributed by atoms with van der Waals surface area (Å²) in [7, 11) is 0. The van der Waals surface area contributed by atoms with Crippen LogP contribution in [0, 0.1) is 0 Å². The lowest BCUT2D eigenvalue weighted by Gasteiger charge is -2.11. The highest BCUT2D eigenvalue weighted by Crippen LogP contribution is 2.23. The molecule has 0 radical (unpaired) electrons. The molecule has 0 unspecified atom stereocenters. The van der Waals surface area contributed by atoms with E-state index in [1.165, 1.54) is 0 Å². The first-order valence-electron chi connectivity index (χ1n) is 5.06. The number of hydrogen-bond donors (Lipinski definition) is 3. The summed E-state index contributed by atoms with van der Waals surface area (Å²) < 4.78 is 0. The summed E-state index contributed by atoms with van der Waals surface area (Å²) in [5.41, 5.74) is 14.2. The summed E-state index contributed by atoms with van der Waals surface area (Å²) >= 11 is 0. The minimum atomic E-state index is -0.638. The lowest BCUT2D eigenvalue weighted by molar-refractivity contribution is 0.220. The summed E-state index contributed by atoms with van der Waals surface area (Å²) in [6.07, 6.45) is -0.638. The number of rotatable bonds is 2. The summed E-state index contributed by atoms with van der Waals surface area (Å²) in [5.74, 6) is 0. The van der Waals surface area contributed by atoms with Gasteiger partial charge in [-0.15, -0.1) is 0 Å². The van der Waals surface area contributed by atoms with Crippen molar-refractivity contribution in [3.05, 3.63) is 59.7 Å². The van der Waals surface area contributed by atoms with Gasteiger partial charge in [0.25, 0.3) is 0 Å². The molecule has 2 aromatic rings. The third-order valence-electron chi connectivity index (χ3n) is 2.50.